The van der Waals surface area contributed by atoms with Crippen LogP contribution in [0.15, 0.2) is 24.8 Å². The monoisotopic (exact) mass is 288 g/mol. The number of hydrogen-bond donors (Lipinski definition) is 0. The summed E-state index contributed by atoms with van der Waals surface area (Å²) in [5.74, 6) is -0.707. The lowest BCUT2D eigenvalue weighted by molar-refractivity contribution is -0.165. The first-order valence-electron chi connectivity index (χ1n) is 6.88. The highest BCUT2D eigenvalue weighted by molar-refractivity contribution is 5.68. The molecule has 1 aliphatic rings. The van der Waals surface area contributed by atoms with Crippen LogP contribution in [0.25, 0.3) is 6.08 Å². The molecule has 0 amide bonds. The van der Waals surface area contributed by atoms with Crippen molar-refractivity contribution in [2.45, 2.75) is 39.9 Å². The van der Waals surface area contributed by atoms with Crippen molar-refractivity contribution in [1.29, 1.82) is 0 Å². The SMILES string of the molecule is C=Cc1ccc2c(c1)C(OC(C)=O)C(C)(C)C2OC(C)=O. The van der Waals surface area contributed by atoms with Crippen LogP contribution in [0.5, 0.6) is 0 Å². The molecule has 0 bridgehead atoms. The lowest BCUT2D eigenvalue weighted by Gasteiger charge is -2.31. The number of ether oxygens (including phenoxy) is 2. The smallest absolute Gasteiger partial charge is 0.303 e. The highest BCUT2D eigenvalue weighted by atomic mass is 16.6. The molecule has 0 saturated carbocycles. The van der Waals surface area contributed by atoms with E-state index >= 15 is 0 Å². The van der Waals surface area contributed by atoms with Gasteiger partial charge in [-0.2, -0.15) is 0 Å². The van der Waals surface area contributed by atoms with Crippen LogP contribution in [-0.2, 0) is 19.1 Å². The molecule has 1 aromatic carbocycles. The average molecular weight is 288 g/mol. The van der Waals surface area contributed by atoms with E-state index in [1.165, 1.54) is 13.8 Å². The fourth-order valence-corrected chi connectivity index (χ4v) is 2.89. The van der Waals surface area contributed by atoms with E-state index in [9.17, 15) is 9.59 Å². The maximum atomic E-state index is 11.4. The second kappa shape index (κ2) is 5.35. The molecule has 2 unspecified atom stereocenters. The number of carbonyl (C=O) groups is 2. The van der Waals surface area contributed by atoms with E-state index in [2.05, 4.69) is 6.58 Å². The van der Waals surface area contributed by atoms with Crippen molar-refractivity contribution in [1.82, 2.24) is 0 Å². The molecule has 1 aliphatic carbocycles. The van der Waals surface area contributed by atoms with Gasteiger partial charge in [0.2, 0.25) is 0 Å². The highest BCUT2D eigenvalue weighted by Crippen LogP contribution is 2.56. The Hall–Kier alpha value is -2.10. The molecule has 0 saturated heterocycles. The first kappa shape index (κ1) is 15.3. The predicted octanol–water partition coefficient (Wildman–Crippen LogP) is 3.58. The van der Waals surface area contributed by atoms with Gasteiger partial charge in [-0.15, -0.1) is 0 Å². The van der Waals surface area contributed by atoms with Crippen LogP contribution in [0.2, 0.25) is 0 Å². The summed E-state index contributed by atoms with van der Waals surface area (Å²) in [6.07, 6.45) is 0.847. The molecule has 4 nitrogen and oxygen atoms in total. The molecule has 0 fully saturated rings. The third-order valence-electron chi connectivity index (χ3n) is 3.83. The van der Waals surface area contributed by atoms with E-state index in [-0.39, 0.29) is 11.9 Å². The van der Waals surface area contributed by atoms with Crippen molar-refractivity contribution in [3.63, 3.8) is 0 Å². The third-order valence-corrected chi connectivity index (χ3v) is 3.83. The van der Waals surface area contributed by atoms with Gasteiger partial charge in [0.05, 0.1) is 0 Å². The van der Waals surface area contributed by atoms with Crippen molar-refractivity contribution in [2.24, 2.45) is 5.41 Å². The normalized spacial score (nSPS) is 22.3. The molecular formula is C17H20O4. The van der Waals surface area contributed by atoms with E-state index in [0.717, 1.165) is 16.7 Å². The number of carbonyl (C=O) groups excluding carboxylic acids is 2. The van der Waals surface area contributed by atoms with Crippen LogP contribution >= 0.6 is 0 Å². The highest BCUT2D eigenvalue weighted by Gasteiger charge is 2.51. The Morgan fingerprint density at radius 3 is 2.10 bits per heavy atom. The third kappa shape index (κ3) is 2.71. The molecule has 112 valence electrons. The number of rotatable bonds is 3. The molecule has 2 rings (SSSR count). The van der Waals surface area contributed by atoms with Gasteiger partial charge >= 0.3 is 11.9 Å². The zero-order chi connectivity index (χ0) is 15.8. The lowest BCUT2D eigenvalue weighted by Crippen LogP contribution is -2.28. The second-order valence-corrected chi connectivity index (χ2v) is 5.89. The molecule has 0 heterocycles. The number of hydrogen-bond acceptors (Lipinski definition) is 4. The Morgan fingerprint density at radius 1 is 1.10 bits per heavy atom. The van der Waals surface area contributed by atoms with Gasteiger partial charge in [-0.05, 0) is 11.6 Å². The summed E-state index contributed by atoms with van der Waals surface area (Å²) in [4.78, 5) is 22.8. The minimum absolute atomic E-state index is 0.352. The van der Waals surface area contributed by atoms with Crippen LogP contribution < -0.4 is 0 Å². The summed E-state index contributed by atoms with van der Waals surface area (Å²) in [7, 11) is 0. The van der Waals surface area contributed by atoms with Gasteiger partial charge in [0.15, 0.2) is 0 Å². The van der Waals surface area contributed by atoms with Crippen LogP contribution in [0.4, 0.5) is 0 Å². The lowest BCUT2D eigenvalue weighted by atomic mass is 9.85. The topological polar surface area (TPSA) is 52.6 Å². The van der Waals surface area contributed by atoms with E-state index in [1.807, 2.05) is 32.0 Å². The molecule has 2 atom stereocenters. The summed E-state index contributed by atoms with van der Waals surface area (Å²) < 4.78 is 11.0. The van der Waals surface area contributed by atoms with Crippen molar-refractivity contribution < 1.29 is 19.1 Å². The summed E-state index contributed by atoms with van der Waals surface area (Å²) in [6.45, 7) is 10.4. The second-order valence-electron chi connectivity index (χ2n) is 5.89. The summed E-state index contributed by atoms with van der Waals surface area (Å²) >= 11 is 0. The van der Waals surface area contributed by atoms with Crippen LogP contribution in [0.3, 0.4) is 0 Å². The largest absolute Gasteiger partial charge is 0.457 e. The molecule has 4 heteroatoms. The van der Waals surface area contributed by atoms with Gasteiger partial charge < -0.3 is 9.47 Å². The Morgan fingerprint density at radius 2 is 1.62 bits per heavy atom. The fraction of sp³-hybridized carbons (Fsp3) is 0.412. The Bertz CT molecular complexity index is 601. The minimum Gasteiger partial charge on any atom is -0.457 e. The molecule has 0 spiro atoms. The quantitative estimate of drug-likeness (QED) is 0.798. The van der Waals surface area contributed by atoms with Crippen LogP contribution in [0.1, 0.15) is 56.6 Å². The van der Waals surface area contributed by atoms with Crippen molar-refractivity contribution in [3.05, 3.63) is 41.5 Å². The zero-order valence-corrected chi connectivity index (χ0v) is 12.8. The van der Waals surface area contributed by atoms with E-state index in [4.69, 9.17) is 9.47 Å². The minimum atomic E-state index is -0.528. The van der Waals surface area contributed by atoms with Crippen molar-refractivity contribution in [2.75, 3.05) is 0 Å². The van der Waals surface area contributed by atoms with Gasteiger partial charge in [-0.1, -0.05) is 38.6 Å². The van der Waals surface area contributed by atoms with Crippen LogP contribution in [-0.4, -0.2) is 11.9 Å². The van der Waals surface area contributed by atoms with E-state index in [1.54, 1.807) is 6.08 Å². The molecule has 0 N–H and O–H groups in total. The molecule has 21 heavy (non-hydrogen) atoms. The predicted molar refractivity (Wildman–Crippen MR) is 79.3 cm³/mol. The summed E-state index contributed by atoms with van der Waals surface area (Å²) in [5.41, 5.74) is 2.16. The number of fused-ring (bicyclic) bond motifs is 1. The number of benzene rings is 1. The molecule has 1 aromatic rings. The maximum absolute atomic E-state index is 11.4. The van der Waals surface area contributed by atoms with Crippen LogP contribution in [0, 0.1) is 5.41 Å². The van der Waals surface area contributed by atoms with Crippen molar-refractivity contribution >= 4 is 18.0 Å². The summed E-state index contributed by atoms with van der Waals surface area (Å²) in [5, 5.41) is 0. The summed E-state index contributed by atoms with van der Waals surface area (Å²) in [6, 6.07) is 5.75. The van der Waals surface area contributed by atoms with Gasteiger partial charge in [-0.25, -0.2) is 0 Å². The molecule has 0 aliphatic heterocycles. The molecule has 0 radical (unpaired) electrons. The molecular weight excluding hydrogens is 268 g/mol. The first-order chi connectivity index (χ1) is 9.77. The fourth-order valence-electron chi connectivity index (χ4n) is 2.89. The zero-order valence-electron chi connectivity index (χ0n) is 12.8. The maximum Gasteiger partial charge on any atom is 0.303 e. The Balaban J connectivity index is 2.55. The Labute approximate surface area is 124 Å². The molecule has 0 aromatic heterocycles. The van der Waals surface area contributed by atoms with Gasteiger partial charge in [-0.3, -0.25) is 9.59 Å². The first-order valence-corrected chi connectivity index (χ1v) is 6.88. The average Bonchev–Trinajstić information content (AvgIpc) is 2.59. The van der Waals surface area contributed by atoms with Gasteiger partial charge in [0.25, 0.3) is 0 Å². The van der Waals surface area contributed by atoms with E-state index < -0.39 is 17.6 Å². The number of esters is 2. The van der Waals surface area contributed by atoms with Gasteiger partial charge in [0.1, 0.15) is 12.2 Å². The van der Waals surface area contributed by atoms with E-state index in [0.29, 0.717) is 0 Å². The Kier molecular flexibility index (Phi) is 3.90. The van der Waals surface area contributed by atoms with Gasteiger partial charge in [0, 0.05) is 30.4 Å². The van der Waals surface area contributed by atoms with Crippen molar-refractivity contribution in [3.8, 4) is 0 Å². The standard InChI is InChI=1S/C17H20O4/c1-6-12-7-8-13-14(9-12)16(21-11(3)19)17(4,5)15(13)20-10(2)18/h6-9,15-16H,1H2,2-5H3.